The summed E-state index contributed by atoms with van der Waals surface area (Å²) < 4.78 is 18.3. The highest BCUT2D eigenvalue weighted by molar-refractivity contribution is 5.89. The van der Waals surface area contributed by atoms with Crippen LogP contribution in [0.5, 0.6) is 0 Å². The molecule has 0 unspecified atom stereocenters. The standard InChI is InChI=1S/C17H25FN4O2/c18-15-1-3-16(4-2-15)19-17(23)22-9-7-20(8-10-22)5-6-21-11-13-24-14-12-21/h1-4H,5-14H2,(H,19,23)/p+2. The number of halogens is 1. The molecule has 2 aliphatic rings. The molecule has 1 aromatic rings. The van der Waals surface area contributed by atoms with Crippen molar-refractivity contribution in [1.82, 2.24) is 4.90 Å². The van der Waals surface area contributed by atoms with E-state index in [0.717, 1.165) is 59.0 Å². The van der Waals surface area contributed by atoms with Crippen LogP contribution in [-0.2, 0) is 4.74 Å². The number of quaternary nitrogens is 2. The third kappa shape index (κ3) is 4.90. The summed E-state index contributed by atoms with van der Waals surface area (Å²) in [5, 5.41) is 2.83. The molecule has 7 heteroatoms. The van der Waals surface area contributed by atoms with Gasteiger partial charge in [0.25, 0.3) is 0 Å². The molecule has 1 aromatic carbocycles. The normalized spacial score (nSPS) is 20.1. The second-order valence-electron chi connectivity index (χ2n) is 6.54. The quantitative estimate of drug-likeness (QED) is 0.624. The first-order chi connectivity index (χ1) is 11.7. The molecule has 132 valence electrons. The maximum Gasteiger partial charge on any atom is 0.322 e. The number of benzene rings is 1. The Labute approximate surface area is 142 Å². The van der Waals surface area contributed by atoms with Gasteiger partial charge in [-0.3, -0.25) is 0 Å². The molecule has 0 aromatic heterocycles. The topological polar surface area (TPSA) is 50.5 Å². The number of piperazine rings is 1. The molecule has 0 aliphatic carbocycles. The Morgan fingerprint density at radius 1 is 1.04 bits per heavy atom. The second-order valence-corrected chi connectivity index (χ2v) is 6.54. The van der Waals surface area contributed by atoms with Crippen molar-refractivity contribution in [1.29, 1.82) is 0 Å². The van der Waals surface area contributed by atoms with Crippen LogP contribution in [0.2, 0.25) is 0 Å². The van der Waals surface area contributed by atoms with Crippen LogP contribution in [0.4, 0.5) is 14.9 Å². The average Bonchev–Trinajstić information content (AvgIpc) is 2.63. The van der Waals surface area contributed by atoms with E-state index in [4.69, 9.17) is 4.74 Å². The van der Waals surface area contributed by atoms with Gasteiger partial charge in [-0.15, -0.1) is 0 Å². The summed E-state index contributed by atoms with van der Waals surface area (Å²) in [6, 6.07) is 5.77. The van der Waals surface area contributed by atoms with Gasteiger partial charge in [0.1, 0.15) is 32.0 Å². The molecular weight excluding hydrogens is 311 g/mol. The lowest BCUT2D eigenvalue weighted by atomic mass is 10.3. The smallest absolute Gasteiger partial charge is 0.322 e. The highest BCUT2D eigenvalue weighted by Gasteiger charge is 2.25. The first kappa shape index (κ1) is 17.1. The van der Waals surface area contributed by atoms with E-state index in [1.807, 2.05) is 4.90 Å². The average molecular weight is 338 g/mol. The van der Waals surface area contributed by atoms with Crippen LogP contribution in [0.1, 0.15) is 0 Å². The zero-order chi connectivity index (χ0) is 16.8. The van der Waals surface area contributed by atoms with Crippen molar-refractivity contribution in [2.24, 2.45) is 0 Å². The zero-order valence-electron chi connectivity index (χ0n) is 14.0. The van der Waals surface area contributed by atoms with Gasteiger partial charge >= 0.3 is 6.03 Å². The number of ether oxygens (including phenoxy) is 1. The molecule has 2 heterocycles. The van der Waals surface area contributed by atoms with Gasteiger partial charge in [-0.05, 0) is 24.3 Å². The Balaban J connectivity index is 1.38. The van der Waals surface area contributed by atoms with E-state index >= 15 is 0 Å². The van der Waals surface area contributed by atoms with Crippen molar-refractivity contribution in [3.8, 4) is 0 Å². The van der Waals surface area contributed by atoms with E-state index in [0.29, 0.717) is 5.69 Å². The van der Waals surface area contributed by atoms with Gasteiger partial charge in [-0.2, -0.15) is 0 Å². The van der Waals surface area contributed by atoms with Gasteiger partial charge in [-0.25, -0.2) is 9.18 Å². The molecule has 2 amide bonds. The number of carbonyl (C=O) groups is 1. The maximum atomic E-state index is 12.9. The fourth-order valence-corrected chi connectivity index (χ4v) is 3.28. The minimum absolute atomic E-state index is 0.0977. The fourth-order valence-electron chi connectivity index (χ4n) is 3.28. The summed E-state index contributed by atoms with van der Waals surface area (Å²) in [5.41, 5.74) is 0.632. The second kappa shape index (κ2) is 8.41. The third-order valence-electron chi connectivity index (χ3n) is 4.89. The summed E-state index contributed by atoms with van der Waals surface area (Å²) >= 11 is 0. The summed E-state index contributed by atoms with van der Waals surface area (Å²) in [7, 11) is 0. The largest absolute Gasteiger partial charge is 0.370 e. The van der Waals surface area contributed by atoms with Crippen molar-refractivity contribution in [2.45, 2.75) is 0 Å². The molecule has 3 rings (SSSR count). The van der Waals surface area contributed by atoms with Crippen molar-refractivity contribution in [2.75, 3.05) is 70.9 Å². The number of urea groups is 1. The number of nitrogens with one attached hydrogen (secondary N) is 3. The number of amides is 2. The number of anilines is 1. The highest BCUT2D eigenvalue weighted by atomic mass is 19.1. The van der Waals surface area contributed by atoms with E-state index in [-0.39, 0.29) is 11.8 Å². The van der Waals surface area contributed by atoms with Crippen LogP contribution in [0.25, 0.3) is 0 Å². The van der Waals surface area contributed by atoms with Crippen LogP contribution >= 0.6 is 0 Å². The Bertz CT molecular complexity index is 526. The molecule has 3 N–H and O–H groups in total. The predicted molar refractivity (Wildman–Crippen MR) is 88.9 cm³/mol. The number of carbonyl (C=O) groups excluding carboxylic acids is 1. The monoisotopic (exact) mass is 338 g/mol. The molecular formula is C17H27FN4O2+2. The molecule has 0 radical (unpaired) electrons. The minimum atomic E-state index is -0.299. The highest BCUT2D eigenvalue weighted by Crippen LogP contribution is 2.09. The summed E-state index contributed by atoms with van der Waals surface area (Å²) in [5.74, 6) is -0.299. The first-order valence-electron chi connectivity index (χ1n) is 8.77. The van der Waals surface area contributed by atoms with Gasteiger partial charge in [0.15, 0.2) is 0 Å². The van der Waals surface area contributed by atoms with Gasteiger partial charge in [0, 0.05) is 5.69 Å². The van der Waals surface area contributed by atoms with Crippen molar-refractivity contribution in [3.05, 3.63) is 30.1 Å². The molecule has 24 heavy (non-hydrogen) atoms. The van der Waals surface area contributed by atoms with Crippen LogP contribution < -0.4 is 15.1 Å². The molecule has 0 spiro atoms. The van der Waals surface area contributed by atoms with Crippen molar-refractivity contribution < 1.29 is 23.7 Å². The van der Waals surface area contributed by atoms with Crippen LogP contribution in [0, 0.1) is 5.82 Å². The SMILES string of the molecule is O=C(Nc1ccc(F)cc1)N1CC[NH+](CC[NH+]2CCOCC2)CC1. The summed E-state index contributed by atoms with van der Waals surface area (Å²) in [4.78, 5) is 17.3. The molecule has 0 atom stereocenters. The molecule has 0 bridgehead atoms. The van der Waals surface area contributed by atoms with E-state index in [9.17, 15) is 9.18 Å². The number of morpholine rings is 1. The number of rotatable bonds is 4. The third-order valence-corrected chi connectivity index (χ3v) is 4.89. The molecule has 2 aliphatic heterocycles. The maximum absolute atomic E-state index is 12.9. The Morgan fingerprint density at radius 2 is 1.62 bits per heavy atom. The Morgan fingerprint density at radius 3 is 2.25 bits per heavy atom. The van der Waals surface area contributed by atoms with Crippen LogP contribution in [-0.4, -0.2) is 76.5 Å². The van der Waals surface area contributed by atoms with Crippen LogP contribution in [0.15, 0.2) is 24.3 Å². The Kier molecular flexibility index (Phi) is 6.01. The minimum Gasteiger partial charge on any atom is -0.370 e. The van der Waals surface area contributed by atoms with Crippen molar-refractivity contribution in [3.63, 3.8) is 0 Å². The summed E-state index contributed by atoms with van der Waals surface area (Å²) in [6.45, 7) is 9.81. The van der Waals surface area contributed by atoms with Crippen LogP contribution in [0.3, 0.4) is 0 Å². The van der Waals surface area contributed by atoms with E-state index < -0.39 is 0 Å². The van der Waals surface area contributed by atoms with Gasteiger partial charge in [-0.1, -0.05) is 0 Å². The zero-order valence-corrected chi connectivity index (χ0v) is 14.0. The van der Waals surface area contributed by atoms with Crippen molar-refractivity contribution >= 4 is 11.7 Å². The molecule has 0 saturated carbocycles. The van der Waals surface area contributed by atoms with E-state index in [1.165, 1.54) is 18.7 Å². The molecule has 6 nitrogen and oxygen atoms in total. The lowest BCUT2D eigenvalue weighted by molar-refractivity contribution is -0.962. The molecule has 2 fully saturated rings. The van der Waals surface area contributed by atoms with Gasteiger partial charge in [0.05, 0.1) is 39.4 Å². The molecule has 2 saturated heterocycles. The number of hydrogen-bond acceptors (Lipinski definition) is 2. The Hall–Kier alpha value is -1.70. The summed E-state index contributed by atoms with van der Waals surface area (Å²) in [6.07, 6.45) is 0. The lowest BCUT2D eigenvalue weighted by Gasteiger charge is -2.33. The predicted octanol–water partition coefficient (Wildman–Crippen LogP) is -1.53. The van der Waals surface area contributed by atoms with Gasteiger partial charge in [0.2, 0.25) is 0 Å². The fraction of sp³-hybridized carbons (Fsp3) is 0.588. The van der Waals surface area contributed by atoms with E-state index in [1.54, 1.807) is 21.9 Å². The lowest BCUT2D eigenvalue weighted by Crippen LogP contribution is -3.22. The first-order valence-corrected chi connectivity index (χ1v) is 8.77. The number of hydrogen-bond donors (Lipinski definition) is 3. The van der Waals surface area contributed by atoms with E-state index in [2.05, 4.69) is 5.32 Å². The number of nitrogens with zero attached hydrogens (tertiary/aromatic N) is 1. The van der Waals surface area contributed by atoms with Gasteiger partial charge < -0.3 is 24.8 Å².